The Morgan fingerprint density at radius 2 is 1.39 bits per heavy atom. The van der Waals surface area contributed by atoms with Crippen LogP contribution in [-0.2, 0) is 0 Å². The molecule has 2 aromatic carbocycles. The second kappa shape index (κ2) is 5.99. The Labute approximate surface area is 128 Å². The van der Waals surface area contributed by atoms with E-state index in [1.165, 1.54) is 18.3 Å². The number of aromatic nitrogens is 3. The zero-order valence-corrected chi connectivity index (χ0v) is 11.5. The molecule has 0 unspecified atom stereocenters. The summed E-state index contributed by atoms with van der Waals surface area (Å²) in [4.78, 5) is 0. The van der Waals surface area contributed by atoms with Crippen LogP contribution in [0.1, 0.15) is 0 Å². The molecule has 0 aliphatic carbocycles. The SMILES string of the molecule is FC(F)(F)Oc1ccc(-c2ccc(Oc3cn[nH]n3)cc2)cc1. The van der Waals surface area contributed by atoms with Gasteiger partial charge in [0.2, 0.25) is 0 Å². The fourth-order valence-corrected chi connectivity index (χ4v) is 1.93. The average molecular weight is 321 g/mol. The Balaban J connectivity index is 1.71. The first-order chi connectivity index (χ1) is 11.0. The molecule has 3 aromatic rings. The lowest BCUT2D eigenvalue weighted by molar-refractivity contribution is -0.274. The monoisotopic (exact) mass is 321 g/mol. The van der Waals surface area contributed by atoms with E-state index in [9.17, 15) is 13.2 Å². The maximum atomic E-state index is 12.1. The molecule has 3 rings (SSSR count). The predicted octanol–water partition coefficient (Wildman–Crippen LogP) is 4.16. The summed E-state index contributed by atoms with van der Waals surface area (Å²) in [6.45, 7) is 0. The molecular formula is C15H10F3N3O2. The number of nitrogens with one attached hydrogen (secondary N) is 1. The molecule has 1 heterocycles. The van der Waals surface area contributed by atoms with Crippen LogP contribution < -0.4 is 9.47 Å². The first-order valence-electron chi connectivity index (χ1n) is 6.49. The van der Waals surface area contributed by atoms with Crippen molar-refractivity contribution in [2.45, 2.75) is 6.36 Å². The zero-order chi connectivity index (χ0) is 16.3. The minimum atomic E-state index is -4.69. The summed E-state index contributed by atoms with van der Waals surface area (Å²) in [5, 5.41) is 9.82. The number of hydrogen-bond donors (Lipinski definition) is 1. The minimum Gasteiger partial charge on any atom is -0.436 e. The molecule has 118 valence electrons. The molecule has 23 heavy (non-hydrogen) atoms. The number of alkyl halides is 3. The van der Waals surface area contributed by atoms with Gasteiger partial charge in [0.1, 0.15) is 17.7 Å². The molecule has 0 radical (unpaired) electrons. The van der Waals surface area contributed by atoms with E-state index in [2.05, 4.69) is 20.1 Å². The first-order valence-corrected chi connectivity index (χ1v) is 6.49. The average Bonchev–Trinajstić information content (AvgIpc) is 3.00. The molecule has 1 aromatic heterocycles. The van der Waals surface area contributed by atoms with Gasteiger partial charge >= 0.3 is 6.36 Å². The van der Waals surface area contributed by atoms with Crippen molar-refractivity contribution >= 4 is 0 Å². The topological polar surface area (TPSA) is 60.0 Å². The number of rotatable bonds is 4. The van der Waals surface area contributed by atoms with Gasteiger partial charge in [-0.25, -0.2) is 0 Å². The van der Waals surface area contributed by atoms with E-state index in [1.54, 1.807) is 36.4 Å². The molecular weight excluding hydrogens is 311 g/mol. The molecule has 0 amide bonds. The fraction of sp³-hybridized carbons (Fsp3) is 0.0667. The van der Waals surface area contributed by atoms with Crippen LogP contribution in [0, 0.1) is 0 Å². The quantitative estimate of drug-likeness (QED) is 0.784. The van der Waals surface area contributed by atoms with Gasteiger partial charge in [-0.3, -0.25) is 0 Å². The van der Waals surface area contributed by atoms with Crippen LogP contribution >= 0.6 is 0 Å². The number of aromatic amines is 1. The van der Waals surface area contributed by atoms with Crippen LogP contribution in [0.5, 0.6) is 17.4 Å². The van der Waals surface area contributed by atoms with Crippen molar-refractivity contribution in [3.05, 3.63) is 54.7 Å². The van der Waals surface area contributed by atoms with E-state index in [0.717, 1.165) is 11.1 Å². The third-order valence-electron chi connectivity index (χ3n) is 2.89. The van der Waals surface area contributed by atoms with E-state index >= 15 is 0 Å². The summed E-state index contributed by atoms with van der Waals surface area (Å²) >= 11 is 0. The number of nitrogens with zero attached hydrogens (tertiary/aromatic N) is 2. The van der Waals surface area contributed by atoms with Crippen LogP contribution in [0.3, 0.4) is 0 Å². The van der Waals surface area contributed by atoms with E-state index in [4.69, 9.17) is 4.74 Å². The lowest BCUT2D eigenvalue weighted by Gasteiger charge is -2.09. The molecule has 0 aliphatic heterocycles. The molecule has 8 heteroatoms. The molecule has 0 saturated carbocycles. The standard InChI is InChI=1S/C15H10F3N3O2/c16-15(17,18)23-13-7-3-11(4-8-13)10-1-5-12(6-2-10)22-14-9-19-21-20-14/h1-9H,(H,19,20,21). The predicted molar refractivity (Wildman–Crippen MR) is 75.0 cm³/mol. The molecule has 1 N–H and O–H groups in total. The first kappa shape index (κ1) is 14.9. The Morgan fingerprint density at radius 1 is 0.826 bits per heavy atom. The highest BCUT2D eigenvalue weighted by Gasteiger charge is 2.30. The van der Waals surface area contributed by atoms with Crippen molar-refractivity contribution in [2.24, 2.45) is 0 Å². The summed E-state index contributed by atoms with van der Waals surface area (Å²) < 4.78 is 45.6. The highest BCUT2D eigenvalue weighted by atomic mass is 19.4. The van der Waals surface area contributed by atoms with Gasteiger partial charge in [-0.15, -0.1) is 18.3 Å². The van der Waals surface area contributed by atoms with Crippen LogP contribution in [0.15, 0.2) is 54.7 Å². The van der Waals surface area contributed by atoms with Crippen LogP contribution in [0.25, 0.3) is 11.1 Å². The molecule has 0 aliphatic rings. The van der Waals surface area contributed by atoms with Gasteiger partial charge in [0.25, 0.3) is 5.88 Å². The third kappa shape index (κ3) is 4.00. The number of ether oxygens (including phenoxy) is 2. The minimum absolute atomic E-state index is 0.257. The number of benzene rings is 2. The second-order valence-electron chi connectivity index (χ2n) is 4.51. The Hall–Kier alpha value is -3.03. The third-order valence-corrected chi connectivity index (χ3v) is 2.89. The lowest BCUT2D eigenvalue weighted by atomic mass is 10.1. The molecule has 0 bridgehead atoms. The second-order valence-corrected chi connectivity index (χ2v) is 4.51. The summed E-state index contributed by atoms with van der Waals surface area (Å²) in [6.07, 6.45) is -3.26. The highest BCUT2D eigenvalue weighted by Crippen LogP contribution is 2.28. The van der Waals surface area contributed by atoms with E-state index in [1.807, 2.05) is 0 Å². The van der Waals surface area contributed by atoms with Crippen LogP contribution in [0.4, 0.5) is 13.2 Å². The number of halogens is 3. The summed E-state index contributed by atoms with van der Waals surface area (Å²) in [5.74, 6) is 0.651. The van der Waals surface area contributed by atoms with Crippen molar-refractivity contribution in [3.63, 3.8) is 0 Å². The van der Waals surface area contributed by atoms with Crippen molar-refractivity contribution in [1.82, 2.24) is 15.4 Å². The lowest BCUT2D eigenvalue weighted by Crippen LogP contribution is -2.16. The molecule has 0 fully saturated rings. The van der Waals surface area contributed by atoms with Crippen molar-refractivity contribution in [1.29, 1.82) is 0 Å². The largest absolute Gasteiger partial charge is 0.573 e. The van der Waals surface area contributed by atoms with E-state index in [0.29, 0.717) is 11.6 Å². The molecule has 0 spiro atoms. The Morgan fingerprint density at radius 3 is 1.87 bits per heavy atom. The van der Waals surface area contributed by atoms with Crippen molar-refractivity contribution < 1.29 is 22.6 Å². The summed E-state index contributed by atoms with van der Waals surface area (Å²) in [5.41, 5.74) is 1.59. The van der Waals surface area contributed by atoms with Gasteiger partial charge in [0, 0.05) is 0 Å². The highest BCUT2D eigenvalue weighted by molar-refractivity contribution is 5.65. The van der Waals surface area contributed by atoms with Crippen LogP contribution in [-0.4, -0.2) is 21.8 Å². The van der Waals surface area contributed by atoms with Gasteiger partial charge in [-0.1, -0.05) is 24.3 Å². The van der Waals surface area contributed by atoms with E-state index in [-0.39, 0.29) is 5.75 Å². The normalized spacial score (nSPS) is 11.3. The van der Waals surface area contributed by atoms with Crippen molar-refractivity contribution in [2.75, 3.05) is 0 Å². The summed E-state index contributed by atoms with van der Waals surface area (Å²) in [6, 6.07) is 12.7. The smallest absolute Gasteiger partial charge is 0.436 e. The van der Waals surface area contributed by atoms with Gasteiger partial charge in [-0.2, -0.15) is 10.3 Å². The Kier molecular flexibility index (Phi) is 3.88. The molecule has 5 nitrogen and oxygen atoms in total. The number of hydrogen-bond acceptors (Lipinski definition) is 4. The van der Waals surface area contributed by atoms with Gasteiger partial charge in [0.05, 0.1) is 0 Å². The zero-order valence-electron chi connectivity index (χ0n) is 11.5. The van der Waals surface area contributed by atoms with Gasteiger partial charge in [0.15, 0.2) is 0 Å². The molecule has 0 saturated heterocycles. The van der Waals surface area contributed by atoms with Crippen LogP contribution in [0.2, 0.25) is 0 Å². The van der Waals surface area contributed by atoms with Gasteiger partial charge < -0.3 is 9.47 Å². The fourth-order valence-electron chi connectivity index (χ4n) is 1.93. The Bertz CT molecular complexity index is 754. The molecule has 0 atom stereocenters. The summed E-state index contributed by atoms with van der Waals surface area (Å²) in [7, 11) is 0. The van der Waals surface area contributed by atoms with Gasteiger partial charge in [-0.05, 0) is 35.4 Å². The van der Waals surface area contributed by atoms with Crippen molar-refractivity contribution in [3.8, 4) is 28.5 Å². The maximum absolute atomic E-state index is 12.1. The van der Waals surface area contributed by atoms with E-state index < -0.39 is 6.36 Å². The number of H-pyrrole nitrogens is 1. The maximum Gasteiger partial charge on any atom is 0.573 e.